The minimum absolute atomic E-state index is 0.0588. The minimum atomic E-state index is -0.0588. The number of hydrogen-bond acceptors (Lipinski definition) is 4. The first-order chi connectivity index (χ1) is 8.97. The largest absolute Gasteiger partial charge is 0.379 e. The topological polar surface area (TPSA) is 53.6 Å². The summed E-state index contributed by atoms with van der Waals surface area (Å²) in [4.78, 5) is 14.5. The molecule has 0 aromatic heterocycles. The van der Waals surface area contributed by atoms with Gasteiger partial charge in [-0.3, -0.25) is 9.69 Å². The van der Waals surface area contributed by atoms with Crippen molar-refractivity contribution in [3.8, 4) is 0 Å². The predicted molar refractivity (Wildman–Crippen MR) is 77.1 cm³/mol. The maximum Gasteiger partial charge on any atom is 0.227 e. The van der Waals surface area contributed by atoms with Crippen LogP contribution in [0.25, 0.3) is 0 Å². The Hall–Kier alpha value is -0.650. The molecule has 1 heterocycles. The number of nitrogens with zero attached hydrogens (tertiary/aromatic N) is 1. The van der Waals surface area contributed by atoms with Gasteiger partial charge in [0.05, 0.1) is 19.1 Å². The third-order valence-corrected chi connectivity index (χ3v) is 3.78. The lowest BCUT2D eigenvalue weighted by molar-refractivity contribution is -0.125. The van der Waals surface area contributed by atoms with E-state index in [1.165, 1.54) is 0 Å². The fraction of sp³-hybridized carbons (Fsp3) is 0.929. The Morgan fingerprint density at radius 1 is 1.26 bits per heavy atom. The summed E-state index contributed by atoms with van der Waals surface area (Å²) in [5.74, 6) is 0.0425. The first kappa shape index (κ1) is 16.4. The number of amides is 1. The van der Waals surface area contributed by atoms with E-state index in [1.807, 2.05) is 7.05 Å². The first-order valence-electron chi connectivity index (χ1n) is 7.25. The van der Waals surface area contributed by atoms with E-state index in [4.69, 9.17) is 4.74 Å². The Morgan fingerprint density at radius 3 is 2.42 bits per heavy atom. The van der Waals surface area contributed by atoms with Gasteiger partial charge in [-0.2, -0.15) is 0 Å². The summed E-state index contributed by atoms with van der Waals surface area (Å²) in [5, 5.41) is 6.16. The van der Waals surface area contributed by atoms with Crippen molar-refractivity contribution in [2.45, 2.75) is 45.8 Å². The molecule has 0 radical (unpaired) electrons. The number of rotatable bonds is 7. The molecule has 0 aromatic carbocycles. The highest BCUT2D eigenvalue weighted by atomic mass is 16.5. The standard InChI is InChI=1S/C14H29N3O2/c1-10(2)17(11(3)4)7-6-16-14(18)12-8-19-9-13(12)15-5/h10-13,15H,6-9H2,1-5H3,(H,16,18). The lowest BCUT2D eigenvalue weighted by atomic mass is 10.0. The van der Waals surface area contributed by atoms with Gasteiger partial charge in [-0.25, -0.2) is 0 Å². The van der Waals surface area contributed by atoms with Crippen LogP contribution in [0.4, 0.5) is 0 Å². The molecule has 1 saturated heterocycles. The molecule has 1 rings (SSSR count). The number of hydrogen-bond donors (Lipinski definition) is 2. The summed E-state index contributed by atoms with van der Waals surface area (Å²) in [7, 11) is 1.87. The van der Waals surface area contributed by atoms with Crippen LogP contribution in [-0.4, -0.2) is 62.3 Å². The Labute approximate surface area is 117 Å². The van der Waals surface area contributed by atoms with Crippen molar-refractivity contribution in [3.63, 3.8) is 0 Å². The molecule has 1 aliphatic rings. The number of nitrogens with one attached hydrogen (secondary N) is 2. The highest BCUT2D eigenvalue weighted by Gasteiger charge is 2.32. The fourth-order valence-electron chi connectivity index (χ4n) is 2.65. The van der Waals surface area contributed by atoms with Crippen molar-refractivity contribution in [2.75, 3.05) is 33.4 Å². The minimum Gasteiger partial charge on any atom is -0.379 e. The first-order valence-corrected chi connectivity index (χ1v) is 7.25. The Balaban J connectivity index is 2.34. The van der Waals surface area contributed by atoms with Gasteiger partial charge in [-0.15, -0.1) is 0 Å². The molecule has 0 saturated carbocycles. The second-order valence-corrected chi connectivity index (χ2v) is 5.76. The molecule has 0 aromatic rings. The van der Waals surface area contributed by atoms with E-state index in [0.717, 1.165) is 6.54 Å². The molecular weight excluding hydrogens is 242 g/mol. The summed E-state index contributed by atoms with van der Waals surface area (Å²) in [6, 6.07) is 1.14. The molecule has 1 aliphatic heterocycles. The van der Waals surface area contributed by atoms with E-state index in [1.54, 1.807) is 0 Å². The van der Waals surface area contributed by atoms with Crippen LogP contribution in [0, 0.1) is 5.92 Å². The van der Waals surface area contributed by atoms with Gasteiger partial charge in [0.25, 0.3) is 0 Å². The number of carbonyl (C=O) groups excluding carboxylic acids is 1. The summed E-state index contributed by atoms with van der Waals surface area (Å²) in [6.45, 7) is 11.5. The van der Waals surface area contributed by atoms with Crippen LogP contribution in [0.3, 0.4) is 0 Å². The summed E-state index contributed by atoms with van der Waals surface area (Å²) < 4.78 is 5.35. The van der Waals surface area contributed by atoms with Gasteiger partial charge in [0, 0.05) is 31.2 Å². The Morgan fingerprint density at radius 2 is 1.89 bits per heavy atom. The Bertz CT molecular complexity index is 274. The van der Waals surface area contributed by atoms with Crippen LogP contribution in [0.2, 0.25) is 0 Å². The molecule has 1 amide bonds. The molecule has 2 N–H and O–H groups in total. The van der Waals surface area contributed by atoms with E-state index in [-0.39, 0.29) is 17.9 Å². The van der Waals surface area contributed by atoms with Gasteiger partial charge in [0.2, 0.25) is 5.91 Å². The van der Waals surface area contributed by atoms with E-state index in [0.29, 0.717) is 31.8 Å². The zero-order chi connectivity index (χ0) is 14.4. The van der Waals surface area contributed by atoms with Crippen molar-refractivity contribution >= 4 is 5.91 Å². The smallest absolute Gasteiger partial charge is 0.227 e. The SMILES string of the molecule is CNC1COCC1C(=O)NCCN(C(C)C)C(C)C. The third-order valence-electron chi connectivity index (χ3n) is 3.78. The summed E-state index contributed by atoms with van der Waals surface area (Å²) >= 11 is 0. The number of likely N-dealkylation sites (N-methyl/N-ethyl adjacent to an activating group) is 1. The summed E-state index contributed by atoms with van der Waals surface area (Å²) in [5.41, 5.74) is 0. The van der Waals surface area contributed by atoms with Crippen molar-refractivity contribution in [1.29, 1.82) is 0 Å². The van der Waals surface area contributed by atoms with Gasteiger partial charge in [0.15, 0.2) is 0 Å². The van der Waals surface area contributed by atoms with Gasteiger partial charge in [0.1, 0.15) is 0 Å². The normalized spacial score (nSPS) is 23.6. The fourth-order valence-corrected chi connectivity index (χ4v) is 2.65. The van der Waals surface area contributed by atoms with Crippen LogP contribution >= 0.6 is 0 Å². The molecular formula is C14H29N3O2. The predicted octanol–water partition coefficient (Wildman–Crippen LogP) is 0.456. The van der Waals surface area contributed by atoms with Gasteiger partial charge in [-0.1, -0.05) is 0 Å². The lowest BCUT2D eigenvalue weighted by Gasteiger charge is -2.30. The second-order valence-electron chi connectivity index (χ2n) is 5.76. The zero-order valence-corrected chi connectivity index (χ0v) is 12.9. The van der Waals surface area contributed by atoms with E-state index < -0.39 is 0 Å². The van der Waals surface area contributed by atoms with E-state index >= 15 is 0 Å². The summed E-state index contributed by atoms with van der Waals surface area (Å²) in [6.07, 6.45) is 0. The highest BCUT2D eigenvalue weighted by Crippen LogP contribution is 2.13. The van der Waals surface area contributed by atoms with E-state index in [2.05, 4.69) is 43.2 Å². The molecule has 112 valence electrons. The molecule has 0 spiro atoms. The quantitative estimate of drug-likeness (QED) is 0.706. The van der Waals surface area contributed by atoms with Crippen molar-refractivity contribution in [2.24, 2.45) is 5.92 Å². The van der Waals surface area contributed by atoms with Gasteiger partial charge in [-0.05, 0) is 34.7 Å². The number of ether oxygens (including phenoxy) is 1. The molecule has 0 aliphatic carbocycles. The van der Waals surface area contributed by atoms with E-state index in [9.17, 15) is 4.79 Å². The van der Waals surface area contributed by atoms with Gasteiger partial charge < -0.3 is 15.4 Å². The van der Waals surface area contributed by atoms with Crippen LogP contribution < -0.4 is 10.6 Å². The molecule has 19 heavy (non-hydrogen) atoms. The third kappa shape index (κ3) is 4.75. The average molecular weight is 271 g/mol. The molecule has 0 bridgehead atoms. The highest BCUT2D eigenvalue weighted by molar-refractivity contribution is 5.79. The second kappa shape index (κ2) is 7.82. The van der Waals surface area contributed by atoms with Crippen LogP contribution in [0.15, 0.2) is 0 Å². The number of carbonyl (C=O) groups is 1. The van der Waals surface area contributed by atoms with Crippen molar-refractivity contribution in [3.05, 3.63) is 0 Å². The van der Waals surface area contributed by atoms with Gasteiger partial charge >= 0.3 is 0 Å². The molecule has 1 fully saturated rings. The molecule has 2 unspecified atom stereocenters. The molecule has 2 atom stereocenters. The lowest BCUT2D eigenvalue weighted by Crippen LogP contribution is -2.46. The maximum absolute atomic E-state index is 12.1. The average Bonchev–Trinajstić information content (AvgIpc) is 2.81. The maximum atomic E-state index is 12.1. The zero-order valence-electron chi connectivity index (χ0n) is 12.9. The Kier molecular flexibility index (Phi) is 6.75. The van der Waals surface area contributed by atoms with Crippen molar-refractivity contribution in [1.82, 2.24) is 15.5 Å². The van der Waals surface area contributed by atoms with Crippen molar-refractivity contribution < 1.29 is 9.53 Å². The monoisotopic (exact) mass is 271 g/mol. The van der Waals surface area contributed by atoms with Crippen LogP contribution in [-0.2, 0) is 9.53 Å². The molecule has 5 heteroatoms. The van der Waals surface area contributed by atoms with Crippen LogP contribution in [0.5, 0.6) is 0 Å². The molecule has 5 nitrogen and oxygen atoms in total. The van der Waals surface area contributed by atoms with Crippen LogP contribution in [0.1, 0.15) is 27.7 Å².